The second kappa shape index (κ2) is 6.59. The first kappa shape index (κ1) is 18.4. The molecule has 4 rings (SSSR count). The number of benzene rings is 1. The number of halogens is 4. The Hall–Kier alpha value is -2.94. The van der Waals surface area contributed by atoms with Gasteiger partial charge in [0.25, 0.3) is 0 Å². The Kier molecular flexibility index (Phi) is 4.34. The van der Waals surface area contributed by atoms with E-state index in [1.54, 1.807) is 19.1 Å². The van der Waals surface area contributed by atoms with Gasteiger partial charge in [-0.2, -0.15) is 23.0 Å². The Balaban J connectivity index is 1.79. The van der Waals surface area contributed by atoms with E-state index in [2.05, 4.69) is 20.6 Å². The smallest absolute Gasteiger partial charge is 0.310 e. The predicted octanol–water partition coefficient (Wildman–Crippen LogP) is 4.12. The zero-order valence-electron chi connectivity index (χ0n) is 14.5. The molecule has 0 aliphatic carbocycles. The monoisotopic (exact) mass is 407 g/mol. The van der Waals surface area contributed by atoms with Crippen molar-refractivity contribution in [2.75, 3.05) is 5.32 Å². The molecule has 0 saturated carbocycles. The van der Waals surface area contributed by atoms with Crippen LogP contribution in [0.15, 0.2) is 36.4 Å². The summed E-state index contributed by atoms with van der Waals surface area (Å²) in [4.78, 5) is 12.3. The molecule has 2 aromatic heterocycles. The van der Waals surface area contributed by atoms with Crippen LogP contribution in [0.1, 0.15) is 34.7 Å². The van der Waals surface area contributed by atoms with Crippen LogP contribution < -0.4 is 5.32 Å². The molecule has 1 amide bonds. The van der Waals surface area contributed by atoms with Crippen molar-refractivity contribution in [3.63, 3.8) is 0 Å². The van der Waals surface area contributed by atoms with Gasteiger partial charge >= 0.3 is 6.18 Å². The average molecular weight is 408 g/mol. The number of amides is 1. The number of carbonyl (C=O) groups excluding carboxylic acids is 1. The molecule has 3 heterocycles. The van der Waals surface area contributed by atoms with E-state index in [9.17, 15) is 18.0 Å². The molecule has 1 aliphatic rings. The van der Waals surface area contributed by atoms with Crippen LogP contribution in [0.5, 0.6) is 0 Å². The quantitative estimate of drug-likeness (QED) is 0.693. The van der Waals surface area contributed by atoms with Crippen LogP contribution in [-0.2, 0) is 11.0 Å². The molecule has 1 N–H and O–H groups in total. The Morgan fingerprint density at radius 1 is 1.14 bits per heavy atom. The molecule has 1 aromatic carbocycles. The molecule has 3 aromatic rings. The lowest BCUT2D eigenvalue weighted by Crippen LogP contribution is -2.25. The number of hydrogen-bond donors (Lipinski definition) is 1. The van der Waals surface area contributed by atoms with Crippen molar-refractivity contribution in [3.05, 3.63) is 63.9 Å². The van der Waals surface area contributed by atoms with E-state index < -0.39 is 17.7 Å². The van der Waals surface area contributed by atoms with Crippen molar-refractivity contribution in [2.45, 2.75) is 25.4 Å². The van der Waals surface area contributed by atoms with E-state index in [-0.39, 0.29) is 17.5 Å². The van der Waals surface area contributed by atoms with Crippen LogP contribution in [-0.4, -0.2) is 25.9 Å². The van der Waals surface area contributed by atoms with Gasteiger partial charge in [-0.1, -0.05) is 23.7 Å². The van der Waals surface area contributed by atoms with E-state index in [1.807, 2.05) is 0 Å². The summed E-state index contributed by atoms with van der Waals surface area (Å²) in [7, 11) is 0. The summed E-state index contributed by atoms with van der Waals surface area (Å²) in [5.74, 6) is 0.109. The molecule has 10 heteroatoms. The third-order valence-corrected chi connectivity index (χ3v) is 4.78. The normalized spacial score (nSPS) is 16.6. The first-order valence-corrected chi connectivity index (χ1v) is 8.68. The SMILES string of the molecule is Cc1nn(-c2ccc(Cl)nn2)c2c1[C@@H](c1ccc(C(F)(F)F)cc1)CC(=O)N2. The molecule has 28 heavy (non-hydrogen) atoms. The van der Waals surface area contributed by atoms with E-state index in [1.165, 1.54) is 16.8 Å². The molecule has 0 fully saturated rings. The van der Waals surface area contributed by atoms with Gasteiger partial charge < -0.3 is 5.32 Å². The molecule has 0 spiro atoms. The highest BCUT2D eigenvalue weighted by Crippen LogP contribution is 2.40. The highest BCUT2D eigenvalue weighted by atomic mass is 35.5. The van der Waals surface area contributed by atoms with Crippen molar-refractivity contribution in [1.29, 1.82) is 0 Å². The van der Waals surface area contributed by atoms with Crippen molar-refractivity contribution in [1.82, 2.24) is 20.0 Å². The summed E-state index contributed by atoms with van der Waals surface area (Å²) in [6, 6.07) is 7.99. The first-order chi connectivity index (χ1) is 13.2. The molecule has 0 bridgehead atoms. The summed E-state index contributed by atoms with van der Waals surface area (Å²) in [5.41, 5.74) is 1.24. The molecule has 1 aliphatic heterocycles. The van der Waals surface area contributed by atoms with Gasteiger partial charge in [0.05, 0.1) is 11.3 Å². The lowest BCUT2D eigenvalue weighted by molar-refractivity contribution is -0.137. The zero-order chi connectivity index (χ0) is 20.1. The van der Waals surface area contributed by atoms with Gasteiger partial charge in [-0.05, 0) is 36.8 Å². The van der Waals surface area contributed by atoms with Gasteiger partial charge in [0, 0.05) is 17.9 Å². The lowest BCUT2D eigenvalue weighted by atomic mass is 9.85. The second-order valence-corrected chi connectivity index (χ2v) is 6.79. The number of hydrogen-bond acceptors (Lipinski definition) is 4. The Labute approximate surface area is 162 Å². The van der Waals surface area contributed by atoms with Crippen molar-refractivity contribution in [3.8, 4) is 5.82 Å². The third-order valence-electron chi connectivity index (χ3n) is 4.58. The minimum Gasteiger partial charge on any atom is -0.310 e. The van der Waals surface area contributed by atoms with Crippen LogP contribution in [0.3, 0.4) is 0 Å². The fourth-order valence-electron chi connectivity index (χ4n) is 3.32. The van der Waals surface area contributed by atoms with Crippen molar-refractivity contribution < 1.29 is 18.0 Å². The number of anilines is 1. The van der Waals surface area contributed by atoms with Crippen LogP contribution in [0.4, 0.5) is 19.0 Å². The fourth-order valence-corrected chi connectivity index (χ4v) is 3.42. The maximum absolute atomic E-state index is 12.8. The van der Waals surface area contributed by atoms with Gasteiger partial charge in [-0.3, -0.25) is 4.79 Å². The Morgan fingerprint density at radius 2 is 1.86 bits per heavy atom. The number of nitrogens with zero attached hydrogens (tertiary/aromatic N) is 4. The molecular formula is C18H13ClF3N5O. The van der Waals surface area contributed by atoms with E-state index in [4.69, 9.17) is 11.6 Å². The third kappa shape index (κ3) is 3.22. The highest BCUT2D eigenvalue weighted by Gasteiger charge is 2.34. The van der Waals surface area contributed by atoms with Gasteiger partial charge in [-0.25, -0.2) is 0 Å². The van der Waals surface area contributed by atoms with E-state index >= 15 is 0 Å². The first-order valence-electron chi connectivity index (χ1n) is 8.30. The van der Waals surface area contributed by atoms with Crippen LogP contribution in [0.25, 0.3) is 5.82 Å². The van der Waals surface area contributed by atoms with Gasteiger partial charge in [0.2, 0.25) is 5.91 Å². The number of aromatic nitrogens is 4. The average Bonchev–Trinajstić information content (AvgIpc) is 2.97. The zero-order valence-corrected chi connectivity index (χ0v) is 15.2. The molecular weight excluding hydrogens is 395 g/mol. The summed E-state index contributed by atoms with van der Waals surface area (Å²) in [5, 5.41) is 15.2. The number of carbonyl (C=O) groups is 1. The van der Waals surface area contributed by atoms with E-state index in [0.29, 0.717) is 22.9 Å². The molecule has 144 valence electrons. The topological polar surface area (TPSA) is 72.7 Å². The maximum Gasteiger partial charge on any atom is 0.416 e. The number of nitrogens with one attached hydrogen (secondary N) is 1. The summed E-state index contributed by atoms with van der Waals surface area (Å²) >= 11 is 5.77. The van der Waals surface area contributed by atoms with Gasteiger partial charge in [0.1, 0.15) is 5.82 Å². The summed E-state index contributed by atoms with van der Waals surface area (Å²) in [6.45, 7) is 1.77. The van der Waals surface area contributed by atoms with E-state index in [0.717, 1.165) is 17.7 Å². The van der Waals surface area contributed by atoms with Crippen molar-refractivity contribution in [2.24, 2.45) is 0 Å². The van der Waals surface area contributed by atoms with Gasteiger partial charge in [-0.15, -0.1) is 10.2 Å². The Morgan fingerprint density at radius 3 is 2.46 bits per heavy atom. The molecule has 0 unspecified atom stereocenters. The number of fused-ring (bicyclic) bond motifs is 1. The van der Waals surface area contributed by atoms with Crippen LogP contribution >= 0.6 is 11.6 Å². The summed E-state index contributed by atoms with van der Waals surface area (Å²) in [6.07, 6.45) is -4.31. The minimum absolute atomic E-state index is 0.108. The molecule has 0 radical (unpaired) electrons. The van der Waals surface area contributed by atoms with Gasteiger partial charge in [0.15, 0.2) is 11.0 Å². The maximum atomic E-state index is 12.8. The lowest BCUT2D eigenvalue weighted by Gasteiger charge is -2.24. The molecule has 1 atom stereocenters. The Bertz CT molecular complexity index is 1040. The number of alkyl halides is 3. The number of aryl methyl sites for hydroxylation is 1. The predicted molar refractivity (Wildman–Crippen MR) is 95.4 cm³/mol. The largest absolute Gasteiger partial charge is 0.416 e. The minimum atomic E-state index is -4.41. The second-order valence-electron chi connectivity index (χ2n) is 6.40. The standard InChI is InChI=1S/C18H13ClF3N5O/c1-9-16-12(10-2-4-11(5-3-10)18(20,21)22)8-15(28)23-17(16)27(26-9)14-7-6-13(19)24-25-14/h2-7,12H,8H2,1H3,(H,23,28)/t12-/m1/s1. The molecule has 6 nitrogen and oxygen atoms in total. The fraction of sp³-hybridized carbons (Fsp3) is 0.222. The number of rotatable bonds is 2. The highest BCUT2D eigenvalue weighted by molar-refractivity contribution is 6.29. The summed E-state index contributed by atoms with van der Waals surface area (Å²) < 4.78 is 40.0. The van der Waals surface area contributed by atoms with Crippen molar-refractivity contribution >= 4 is 23.3 Å². The van der Waals surface area contributed by atoms with Crippen LogP contribution in [0, 0.1) is 6.92 Å². The molecule has 0 saturated heterocycles. The van der Waals surface area contributed by atoms with Crippen LogP contribution in [0.2, 0.25) is 5.15 Å².